The quantitative estimate of drug-likeness (QED) is 0.867. The van der Waals surface area contributed by atoms with Crippen LogP contribution in [-0.4, -0.2) is 29.9 Å². The van der Waals surface area contributed by atoms with E-state index < -0.39 is 5.97 Å². The van der Waals surface area contributed by atoms with Crippen molar-refractivity contribution in [3.05, 3.63) is 23.8 Å². The maximum absolute atomic E-state index is 11.1. The van der Waals surface area contributed by atoms with Crippen LogP contribution in [0.5, 0.6) is 0 Å². The van der Waals surface area contributed by atoms with Gasteiger partial charge in [0.05, 0.1) is 17.2 Å². The largest absolute Gasteiger partial charge is 0.481 e. The van der Waals surface area contributed by atoms with Gasteiger partial charge >= 0.3 is 5.97 Å². The zero-order valence-electron chi connectivity index (χ0n) is 11.7. The lowest BCUT2D eigenvalue weighted by Crippen LogP contribution is -2.43. The fraction of sp³-hybridized carbons (Fsp3) is 0.467. The van der Waals surface area contributed by atoms with Gasteiger partial charge in [-0.1, -0.05) is 6.07 Å². The Balaban J connectivity index is 2.29. The van der Waals surface area contributed by atoms with Crippen LogP contribution in [-0.2, 0) is 4.79 Å². The minimum absolute atomic E-state index is 0.133. The monoisotopic (exact) mass is 290 g/mol. The van der Waals surface area contributed by atoms with Gasteiger partial charge in [-0.25, -0.2) is 0 Å². The van der Waals surface area contributed by atoms with Crippen molar-refractivity contribution in [3.63, 3.8) is 0 Å². The van der Waals surface area contributed by atoms with E-state index in [-0.39, 0.29) is 12.0 Å². The lowest BCUT2D eigenvalue weighted by molar-refractivity contribution is -0.142. The standard InChI is InChI=1S/C15H18N2O2S/c1-10-8-11(15(18)19)6-7-17(10)13-4-3-5-14(20-2)12(13)9-16/h3-5,10-11H,6-8H2,1-2H3,(H,18,19). The highest BCUT2D eigenvalue weighted by Gasteiger charge is 2.31. The van der Waals surface area contributed by atoms with Crippen molar-refractivity contribution in [1.29, 1.82) is 5.26 Å². The molecule has 1 fully saturated rings. The molecule has 0 aliphatic carbocycles. The van der Waals surface area contributed by atoms with Gasteiger partial charge in [0.25, 0.3) is 0 Å². The molecule has 0 amide bonds. The number of carboxylic acid groups (broad SMARTS) is 1. The van der Waals surface area contributed by atoms with Crippen LogP contribution >= 0.6 is 11.8 Å². The smallest absolute Gasteiger partial charge is 0.306 e. The summed E-state index contributed by atoms with van der Waals surface area (Å²) in [5.74, 6) is -0.981. The number of anilines is 1. The summed E-state index contributed by atoms with van der Waals surface area (Å²) in [6.45, 7) is 2.71. The maximum atomic E-state index is 11.1. The molecule has 0 saturated carbocycles. The van der Waals surface area contributed by atoms with Crippen LogP contribution in [0.1, 0.15) is 25.3 Å². The summed E-state index contributed by atoms with van der Waals surface area (Å²) in [6, 6.07) is 8.28. The zero-order chi connectivity index (χ0) is 14.7. The first-order valence-electron chi connectivity index (χ1n) is 6.65. The van der Waals surface area contributed by atoms with E-state index in [0.29, 0.717) is 24.9 Å². The molecular weight excluding hydrogens is 272 g/mol. The van der Waals surface area contributed by atoms with E-state index in [1.807, 2.05) is 31.4 Å². The molecule has 0 aromatic heterocycles. The van der Waals surface area contributed by atoms with Crippen molar-refractivity contribution in [2.75, 3.05) is 17.7 Å². The number of thioether (sulfide) groups is 1. The van der Waals surface area contributed by atoms with E-state index in [4.69, 9.17) is 5.11 Å². The van der Waals surface area contributed by atoms with Crippen molar-refractivity contribution in [3.8, 4) is 6.07 Å². The summed E-state index contributed by atoms with van der Waals surface area (Å²) >= 11 is 1.56. The van der Waals surface area contributed by atoms with Gasteiger partial charge in [-0.15, -0.1) is 11.8 Å². The summed E-state index contributed by atoms with van der Waals surface area (Å²) in [5, 5.41) is 18.5. The third-order valence-electron chi connectivity index (χ3n) is 3.87. The van der Waals surface area contributed by atoms with Crippen LogP contribution in [0.3, 0.4) is 0 Å². The lowest BCUT2D eigenvalue weighted by atomic mass is 9.91. The van der Waals surface area contributed by atoms with Crippen LogP contribution in [0.4, 0.5) is 5.69 Å². The van der Waals surface area contributed by atoms with Crippen molar-refractivity contribution >= 4 is 23.4 Å². The minimum Gasteiger partial charge on any atom is -0.481 e. The second-order valence-electron chi connectivity index (χ2n) is 5.07. The zero-order valence-corrected chi connectivity index (χ0v) is 12.5. The van der Waals surface area contributed by atoms with E-state index in [0.717, 1.165) is 10.6 Å². The molecule has 20 heavy (non-hydrogen) atoms. The molecule has 2 unspecified atom stereocenters. The number of aliphatic carboxylic acids is 1. The van der Waals surface area contributed by atoms with E-state index in [9.17, 15) is 10.1 Å². The van der Waals surface area contributed by atoms with E-state index in [1.54, 1.807) is 11.8 Å². The molecular formula is C15H18N2O2S. The number of nitrogens with zero attached hydrogens (tertiary/aromatic N) is 2. The summed E-state index contributed by atoms with van der Waals surface area (Å²) in [6.07, 6.45) is 3.22. The number of piperidine rings is 1. The highest BCUT2D eigenvalue weighted by atomic mass is 32.2. The summed E-state index contributed by atoms with van der Waals surface area (Å²) in [5.41, 5.74) is 1.62. The van der Waals surface area contributed by atoms with Crippen LogP contribution in [0, 0.1) is 17.2 Å². The summed E-state index contributed by atoms with van der Waals surface area (Å²) < 4.78 is 0. The van der Waals surface area contributed by atoms with Crippen LogP contribution < -0.4 is 4.90 Å². The second kappa shape index (κ2) is 6.19. The van der Waals surface area contributed by atoms with Crippen molar-refractivity contribution < 1.29 is 9.90 Å². The number of nitriles is 1. The Kier molecular flexibility index (Phi) is 4.56. The van der Waals surface area contributed by atoms with E-state index in [1.165, 1.54) is 0 Å². The fourth-order valence-corrected chi connectivity index (χ4v) is 3.36. The summed E-state index contributed by atoms with van der Waals surface area (Å²) in [4.78, 5) is 14.2. The molecule has 2 atom stereocenters. The van der Waals surface area contributed by atoms with Crippen LogP contribution in [0.25, 0.3) is 0 Å². The Labute approximate surface area is 123 Å². The first-order valence-corrected chi connectivity index (χ1v) is 7.87. The van der Waals surface area contributed by atoms with E-state index >= 15 is 0 Å². The second-order valence-corrected chi connectivity index (χ2v) is 5.92. The lowest BCUT2D eigenvalue weighted by Gasteiger charge is -2.38. The highest BCUT2D eigenvalue weighted by molar-refractivity contribution is 7.98. The first-order chi connectivity index (χ1) is 9.58. The van der Waals surface area contributed by atoms with Crippen molar-refractivity contribution in [2.24, 2.45) is 5.92 Å². The fourth-order valence-electron chi connectivity index (χ4n) is 2.80. The molecule has 1 aromatic carbocycles. The van der Waals surface area contributed by atoms with Crippen LogP contribution in [0.15, 0.2) is 23.1 Å². The van der Waals surface area contributed by atoms with Gasteiger partial charge in [0.1, 0.15) is 6.07 Å². The van der Waals surface area contributed by atoms with Gasteiger partial charge < -0.3 is 10.0 Å². The summed E-state index contributed by atoms with van der Waals surface area (Å²) in [7, 11) is 0. The molecule has 106 valence electrons. The minimum atomic E-state index is -0.713. The van der Waals surface area contributed by atoms with Crippen LogP contribution in [0.2, 0.25) is 0 Å². The molecule has 1 N–H and O–H groups in total. The Morgan fingerprint density at radius 1 is 1.55 bits per heavy atom. The molecule has 1 saturated heterocycles. The Morgan fingerprint density at radius 2 is 2.30 bits per heavy atom. The molecule has 1 heterocycles. The molecule has 5 heteroatoms. The molecule has 2 rings (SSSR count). The van der Waals surface area contributed by atoms with Gasteiger partial charge in [-0.3, -0.25) is 4.79 Å². The Bertz CT molecular complexity index is 553. The molecule has 0 spiro atoms. The van der Waals surface area contributed by atoms with E-state index in [2.05, 4.69) is 11.0 Å². The molecule has 0 bridgehead atoms. The van der Waals surface area contributed by atoms with Crippen molar-refractivity contribution in [2.45, 2.75) is 30.7 Å². The maximum Gasteiger partial charge on any atom is 0.306 e. The SMILES string of the molecule is CSc1cccc(N2CCC(C(=O)O)CC2C)c1C#N. The van der Waals surface area contributed by atoms with Gasteiger partial charge in [0.15, 0.2) is 0 Å². The average Bonchev–Trinajstić information content (AvgIpc) is 2.46. The molecule has 0 radical (unpaired) electrons. The molecule has 1 aliphatic heterocycles. The normalized spacial score (nSPS) is 22.4. The third kappa shape index (κ3) is 2.75. The molecule has 1 aliphatic rings. The highest BCUT2D eigenvalue weighted by Crippen LogP contribution is 2.34. The van der Waals surface area contributed by atoms with Gasteiger partial charge in [0.2, 0.25) is 0 Å². The number of rotatable bonds is 3. The predicted octanol–water partition coefficient (Wildman–Crippen LogP) is 2.97. The Hall–Kier alpha value is -1.67. The third-order valence-corrected chi connectivity index (χ3v) is 4.65. The number of carboxylic acids is 1. The predicted molar refractivity (Wildman–Crippen MR) is 80.1 cm³/mol. The number of benzene rings is 1. The topological polar surface area (TPSA) is 64.3 Å². The Morgan fingerprint density at radius 3 is 2.85 bits per heavy atom. The first kappa shape index (κ1) is 14.7. The average molecular weight is 290 g/mol. The van der Waals surface area contributed by atoms with Gasteiger partial charge in [0, 0.05) is 17.5 Å². The molecule has 1 aromatic rings. The van der Waals surface area contributed by atoms with Crippen molar-refractivity contribution in [1.82, 2.24) is 0 Å². The van der Waals surface area contributed by atoms with Gasteiger partial charge in [-0.05, 0) is 38.2 Å². The number of hydrogen-bond acceptors (Lipinski definition) is 4. The number of carbonyl (C=O) groups is 1. The van der Waals surface area contributed by atoms with Gasteiger partial charge in [-0.2, -0.15) is 5.26 Å². The molecule has 4 nitrogen and oxygen atoms in total. The number of hydrogen-bond donors (Lipinski definition) is 1.